The van der Waals surface area contributed by atoms with Crippen molar-refractivity contribution in [3.05, 3.63) is 59.7 Å². The molecule has 1 amide bonds. The van der Waals surface area contributed by atoms with Crippen molar-refractivity contribution in [1.29, 1.82) is 0 Å². The maximum absolute atomic E-state index is 12.5. The molecule has 1 N–H and O–H groups in total. The lowest BCUT2D eigenvalue weighted by Gasteiger charge is -2.43. The lowest BCUT2D eigenvalue weighted by atomic mass is 9.99. The average Bonchev–Trinajstić information content (AvgIpc) is 2.84. The van der Waals surface area contributed by atoms with Crippen molar-refractivity contribution < 1.29 is 33.2 Å². The summed E-state index contributed by atoms with van der Waals surface area (Å²) in [5, 5.41) is 2.72. The van der Waals surface area contributed by atoms with Gasteiger partial charge in [-0.3, -0.25) is 5.32 Å². The van der Waals surface area contributed by atoms with Crippen molar-refractivity contribution in [3.8, 4) is 5.75 Å². The van der Waals surface area contributed by atoms with Gasteiger partial charge in [0.05, 0.1) is 12.7 Å². The van der Waals surface area contributed by atoms with Crippen molar-refractivity contribution >= 4 is 23.9 Å². The van der Waals surface area contributed by atoms with Gasteiger partial charge in [0.15, 0.2) is 0 Å². The van der Waals surface area contributed by atoms with E-state index in [0.717, 1.165) is 16.9 Å². The molecular weight excluding hydrogens is 438 g/mol. The minimum absolute atomic E-state index is 0.346. The van der Waals surface area contributed by atoms with Gasteiger partial charge in [-0.1, -0.05) is 36.4 Å². The summed E-state index contributed by atoms with van der Waals surface area (Å²) in [5.41, 5.74) is 2.65. The zero-order chi connectivity index (χ0) is 24.5. The van der Waals surface area contributed by atoms with Crippen LogP contribution in [0.2, 0.25) is 0 Å². The number of amides is 1. The number of rotatable bonds is 9. The summed E-state index contributed by atoms with van der Waals surface area (Å²) in [5.74, 6) is 0.850. The molecule has 0 aromatic heterocycles. The monoisotopic (exact) mass is 471 g/mol. The summed E-state index contributed by atoms with van der Waals surface area (Å²) >= 11 is 0. The Balaban J connectivity index is 1.57. The van der Waals surface area contributed by atoms with Crippen LogP contribution in [0.5, 0.6) is 5.75 Å². The standard InChI is InChI=1S/C26H33NO7/c1-6-32-21-15-11-19(12-16-21)8-7-18-9-13-20(14-10-18)27-26(28)34-25-24(31-5)23(30-4)22(29-3)17(2)33-25/h7-17,22-25H,6H2,1-5H3,(H,27,28). The van der Waals surface area contributed by atoms with Crippen LogP contribution >= 0.6 is 0 Å². The first-order valence-electron chi connectivity index (χ1n) is 11.2. The molecule has 2 aromatic rings. The van der Waals surface area contributed by atoms with Crippen LogP contribution in [0.25, 0.3) is 12.2 Å². The van der Waals surface area contributed by atoms with Crippen LogP contribution in [0.1, 0.15) is 25.0 Å². The van der Waals surface area contributed by atoms with Crippen LogP contribution in [-0.4, -0.2) is 64.7 Å². The Kier molecular flexibility index (Phi) is 9.47. The number of carbonyl (C=O) groups is 1. The summed E-state index contributed by atoms with van der Waals surface area (Å²) in [6.45, 7) is 4.44. The predicted octanol–water partition coefficient (Wildman–Crippen LogP) is 4.59. The Hall–Kier alpha value is -2.91. The highest BCUT2D eigenvalue weighted by Gasteiger charge is 2.47. The van der Waals surface area contributed by atoms with Gasteiger partial charge in [-0.05, 0) is 49.2 Å². The summed E-state index contributed by atoms with van der Waals surface area (Å²) in [4.78, 5) is 12.5. The quantitative estimate of drug-likeness (QED) is 0.535. The fraction of sp³-hybridized carbons (Fsp3) is 0.423. The van der Waals surface area contributed by atoms with Gasteiger partial charge in [0.25, 0.3) is 0 Å². The molecule has 1 saturated heterocycles. The van der Waals surface area contributed by atoms with Gasteiger partial charge in [0.2, 0.25) is 6.29 Å². The van der Waals surface area contributed by atoms with Crippen molar-refractivity contribution in [1.82, 2.24) is 0 Å². The number of hydrogen-bond donors (Lipinski definition) is 1. The van der Waals surface area contributed by atoms with Crippen molar-refractivity contribution in [2.75, 3.05) is 33.3 Å². The Morgan fingerprint density at radius 2 is 1.44 bits per heavy atom. The molecule has 5 atom stereocenters. The van der Waals surface area contributed by atoms with Gasteiger partial charge in [-0.25, -0.2) is 4.79 Å². The number of carbonyl (C=O) groups excluding carboxylic acids is 1. The SMILES string of the molecule is CCOc1ccc(C=Cc2ccc(NC(=O)OC3OC(C)C(OC)C(OC)C3OC)cc2)cc1. The van der Waals surface area contributed by atoms with Gasteiger partial charge < -0.3 is 28.4 Å². The molecule has 1 fully saturated rings. The molecule has 1 aliphatic heterocycles. The molecule has 0 aliphatic carbocycles. The molecule has 34 heavy (non-hydrogen) atoms. The highest BCUT2D eigenvalue weighted by Crippen LogP contribution is 2.28. The molecule has 1 heterocycles. The first-order valence-corrected chi connectivity index (χ1v) is 11.2. The molecule has 0 radical (unpaired) electrons. The smallest absolute Gasteiger partial charge is 0.414 e. The fourth-order valence-corrected chi connectivity index (χ4v) is 3.87. The Bertz CT molecular complexity index is 929. The third-order valence-corrected chi connectivity index (χ3v) is 5.58. The molecule has 0 saturated carbocycles. The second kappa shape index (κ2) is 12.5. The number of nitrogens with one attached hydrogen (secondary N) is 1. The molecule has 0 bridgehead atoms. The van der Waals surface area contributed by atoms with E-state index in [4.69, 9.17) is 28.4 Å². The second-order valence-corrected chi connectivity index (χ2v) is 7.80. The van der Waals surface area contributed by atoms with Crippen molar-refractivity contribution in [2.24, 2.45) is 0 Å². The number of hydrogen-bond acceptors (Lipinski definition) is 7. The number of benzene rings is 2. The van der Waals surface area contributed by atoms with E-state index in [2.05, 4.69) is 5.32 Å². The van der Waals surface area contributed by atoms with Gasteiger partial charge in [0, 0.05) is 27.0 Å². The summed E-state index contributed by atoms with van der Waals surface area (Å²) in [6, 6.07) is 15.3. The summed E-state index contributed by atoms with van der Waals surface area (Å²) in [6.07, 6.45) is 0.648. The first kappa shape index (κ1) is 25.7. The van der Waals surface area contributed by atoms with Gasteiger partial charge in [0.1, 0.15) is 24.1 Å². The molecule has 2 aromatic carbocycles. The van der Waals surface area contributed by atoms with E-state index in [1.807, 2.05) is 62.4 Å². The Morgan fingerprint density at radius 3 is 1.97 bits per heavy atom. The maximum Gasteiger partial charge on any atom is 0.414 e. The molecular formula is C26H33NO7. The predicted molar refractivity (Wildman–Crippen MR) is 130 cm³/mol. The summed E-state index contributed by atoms with van der Waals surface area (Å²) < 4.78 is 33.3. The largest absolute Gasteiger partial charge is 0.494 e. The van der Waals surface area contributed by atoms with Crippen LogP contribution in [-0.2, 0) is 23.7 Å². The maximum atomic E-state index is 12.5. The Morgan fingerprint density at radius 1 is 0.882 bits per heavy atom. The Labute approximate surface area is 200 Å². The average molecular weight is 472 g/mol. The van der Waals surface area contributed by atoms with E-state index in [1.165, 1.54) is 7.11 Å². The summed E-state index contributed by atoms with van der Waals surface area (Å²) in [7, 11) is 4.65. The van der Waals surface area contributed by atoms with E-state index in [0.29, 0.717) is 12.3 Å². The van der Waals surface area contributed by atoms with Gasteiger partial charge >= 0.3 is 6.09 Å². The lowest BCUT2D eigenvalue weighted by molar-refractivity contribution is -0.288. The first-order chi connectivity index (χ1) is 16.5. The van der Waals surface area contributed by atoms with Crippen molar-refractivity contribution in [2.45, 2.75) is 44.6 Å². The molecule has 1 aliphatic rings. The lowest BCUT2D eigenvalue weighted by Crippen LogP contribution is -2.59. The van der Waals surface area contributed by atoms with E-state index in [-0.39, 0.29) is 12.2 Å². The third kappa shape index (κ3) is 6.57. The van der Waals surface area contributed by atoms with Gasteiger partial charge in [-0.15, -0.1) is 0 Å². The molecule has 0 spiro atoms. The van der Waals surface area contributed by atoms with Crippen LogP contribution < -0.4 is 10.1 Å². The molecule has 8 heteroatoms. The van der Waals surface area contributed by atoms with Crippen LogP contribution in [0.4, 0.5) is 10.5 Å². The van der Waals surface area contributed by atoms with Crippen molar-refractivity contribution in [3.63, 3.8) is 0 Å². The highest BCUT2D eigenvalue weighted by molar-refractivity contribution is 5.85. The van der Waals surface area contributed by atoms with Crippen LogP contribution in [0, 0.1) is 0 Å². The zero-order valence-corrected chi connectivity index (χ0v) is 20.2. The van der Waals surface area contributed by atoms with Crippen LogP contribution in [0.15, 0.2) is 48.5 Å². The minimum Gasteiger partial charge on any atom is -0.494 e. The molecule has 3 rings (SSSR count). The number of ether oxygens (including phenoxy) is 6. The van der Waals surface area contributed by atoms with Crippen LogP contribution in [0.3, 0.4) is 0 Å². The minimum atomic E-state index is -0.937. The van der Waals surface area contributed by atoms with E-state index in [9.17, 15) is 4.79 Å². The highest BCUT2D eigenvalue weighted by atomic mass is 16.7. The zero-order valence-electron chi connectivity index (χ0n) is 20.2. The van der Waals surface area contributed by atoms with E-state index >= 15 is 0 Å². The topological polar surface area (TPSA) is 84.5 Å². The van der Waals surface area contributed by atoms with Gasteiger partial charge in [-0.2, -0.15) is 0 Å². The molecule has 5 unspecified atom stereocenters. The molecule has 184 valence electrons. The molecule has 8 nitrogen and oxygen atoms in total. The normalized spacial score (nSPS) is 24.7. The van der Waals surface area contributed by atoms with E-state index < -0.39 is 24.6 Å². The number of anilines is 1. The fourth-order valence-electron chi connectivity index (χ4n) is 3.87. The number of methoxy groups -OCH3 is 3. The third-order valence-electron chi connectivity index (χ3n) is 5.58. The van der Waals surface area contributed by atoms with E-state index in [1.54, 1.807) is 26.4 Å². The second-order valence-electron chi connectivity index (χ2n) is 7.80.